The SMILES string of the molecule is CNc1nc(NC(=O)C(C)C)nc2c1ncn2[C@@H]1OC(CO)[C@@H](O)[C@@]1(C)F. The summed E-state index contributed by atoms with van der Waals surface area (Å²) in [6.45, 7) is 4.12. The molecule has 1 fully saturated rings. The lowest BCUT2D eigenvalue weighted by molar-refractivity contribution is -0.118. The summed E-state index contributed by atoms with van der Waals surface area (Å²) in [6.07, 6.45) is -2.53. The normalized spacial score (nSPS) is 28.1. The van der Waals surface area contributed by atoms with E-state index >= 15 is 4.39 Å². The van der Waals surface area contributed by atoms with E-state index in [2.05, 4.69) is 25.6 Å². The van der Waals surface area contributed by atoms with Gasteiger partial charge in [0.05, 0.1) is 12.9 Å². The van der Waals surface area contributed by atoms with Crippen molar-refractivity contribution < 1.29 is 24.1 Å². The Kier molecular flexibility index (Phi) is 5.02. The van der Waals surface area contributed by atoms with E-state index in [9.17, 15) is 15.0 Å². The molecule has 0 spiro atoms. The molecule has 0 aromatic carbocycles. The third-order valence-electron chi connectivity index (χ3n) is 4.57. The number of aromatic nitrogens is 4. The summed E-state index contributed by atoms with van der Waals surface area (Å²) < 4.78 is 22.0. The number of hydrogen-bond donors (Lipinski definition) is 4. The number of aliphatic hydroxyl groups excluding tert-OH is 2. The summed E-state index contributed by atoms with van der Waals surface area (Å²) in [5.74, 6) is -0.175. The van der Waals surface area contributed by atoms with Gasteiger partial charge in [-0.15, -0.1) is 0 Å². The molecular weight excluding hydrogens is 359 g/mol. The van der Waals surface area contributed by atoms with Crippen molar-refractivity contribution in [3.8, 4) is 0 Å². The lowest BCUT2D eigenvalue weighted by Gasteiger charge is -2.24. The number of aliphatic hydroxyl groups is 2. The van der Waals surface area contributed by atoms with E-state index in [-0.39, 0.29) is 23.4 Å². The number of anilines is 2. The Morgan fingerprint density at radius 1 is 1.48 bits per heavy atom. The van der Waals surface area contributed by atoms with E-state index in [0.29, 0.717) is 11.3 Å². The van der Waals surface area contributed by atoms with Crippen LogP contribution in [-0.2, 0) is 9.53 Å². The molecule has 10 nitrogen and oxygen atoms in total. The summed E-state index contributed by atoms with van der Waals surface area (Å²) >= 11 is 0. The molecule has 0 radical (unpaired) electrons. The van der Waals surface area contributed by atoms with Crippen molar-refractivity contribution in [1.29, 1.82) is 0 Å². The molecule has 1 aliphatic rings. The van der Waals surface area contributed by atoms with Crippen molar-refractivity contribution in [2.24, 2.45) is 5.92 Å². The standard InChI is InChI=1S/C16H23FN6O4/c1-7(2)13(26)22-15-20-11(18-4)9-12(21-15)23(6-19-9)14-16(3,17)10(25)8(5-24)27-14/h6-8,10,14,24-25H,5H2,1-4H3,(H2,18,20,21,22,26)/t8?,10-,14-,16-/m1/s1. The Labute approximate surface area is 154 Å². The minimum absolute atomic E-state index is 0.0325. The highest BCUT2D eigenvalue weighted by Crippen LogP contribution is 2.42. The molecule has 0 saturated carbocycles. The maximum atomic E-state index is 15.1. The van der Waals surface area contributed by atoms with Gasteiger partial charge in [-0.25, -0.2) is 9.37 Å². The van der Waals surface area contributed by atoms with Crippen molar-refractivity contribution in [3.63, 3.8) is 0 Å². The molecule has 0 aliphatic carbocycles. The number of alkyl halides is 1. The van der Waals surface area contributed by atoms with Crippen molar-refractivity contribution >= 4 is 28.8 Å². The number of halogens is 1. The van der Waals surface area contributed by atoms with Crippen LogP contribution < -0.4 is 10.6 Å². The van der Waals surface area contributed by atoms with E-state index in [1.165, 1.54) is 17.8 Å². The van der Waals surface area contributed by atoms with Crippen LogP contribution in [0.2, 0.25) is 0 Å². The first-order valence-corrected chi connectivity index (χ1v) is 8.57. The third kappa shape index (κ3) is 3.22. The Morgan fingerprint density at radius 2 is 2.19 bits per heavy atom. The zero-order valence-electron chi connectivity index (χ0n) is 15.5. The van der Waals surface area contributed by atoms with Gasteiger partial charge >= 0.3 is 0 Å². The Hall–Kier alpha value is -2.37. The number of rotatable bonds is 5. The molecule has 3 heterocycles. The van der Waals surface area contributed by atoms with Crippen molar-refractivity contribution in [2.75, 3.05) is 24.3 Å². The van der Waals surface area contributed by atoms with Crippen LogP contribution in [0, 0.1) is 5.92 Å². The van der Waals surface area contributed by atoms with Crippen molar-refractivity contribution in [3.05, 3.63) is 6.33 Å². The predicted octanol–water partition coefficient (Wildman–Crippen LogP) is 0.441. The highest BCUT2D eigenvalue weighted by Gasteiger charge is 2.55. The Balaban J connectivity index is 2.08. The third-order valence-corrected chi connectivity index (χ3v) is 4.57. The fourth-order valence-corrected chi connectivity index (χ4v) is 2.94. The molecule has 1 unspecified atom stereocenters. The number of carbonyl (C=O) groups excluding carboxylic acids is 1. The summed E-state index contributed by atoms with van der Waals surface area (Å²) in [5, 5.41) is 24.9. The zero-order chi connectivity index (χ0) is 19.9. The molecule has 1 saturated heterocycles. The van der Waals surface area contributed by atoms with Crippen LogP contribution in [0.5, 0.6) is 0 Å². The highest BCUT2D eigenvalue weighted by molar-refractivity contribution is 5.92. The number of fused-ring (bicyclic) bond motifs is 1. The van der Waals surface area contributed by atoms with Crippen LogP contribution in [0.25, 0.3) is 11.2 Å². The van der Waals surface area contributed by atoms with Crippen LogP contribution >= 0.6 is 0 Å². The molecular formula is C16H23FN6O4. The molecule has 4 atom stereocenters. The Bertz CT molecular complexity index is 855. The first kappa shape index (κ1) is 19.4. The number of nitrogens with zero attached hydrogens (tertiary/aromatic N) is 4. The van der Waals surface area contributed by atoms with Gasteiger partial charge in [-0.1, -0.05) is 13.8 Å². The van der Waals surface area contributed by atoms with Gasteiger partial charge in [0.2, 0.25) is 11.9 Å². The van der Waals surface area contributed by atoms with E-state index in [4.69, 9.17) is 4.74 Å². The van der Waals surface area contributed by atoms with E-state index in [0.717, 1.165) is 0 Å². The molecule has 3 rings (SSSR count). The molecule has 4 N–H and O–H groups in total. The van der Waals surface area contributed by atoms with Crippen LogP contribution in [0.3, 0.4) is 0 Å². The largest absolute Gasteiger partial charge is 0.394 e. The smallest absolute Gasteiger partial charge is 0.233 e. The first-order valence-electron chi connectivity index (χ1n) is 8.57. The Morgan fingerprint density at radius 3 is 2.74 bits per heavy atom. The van der Waals surface area contributed by atoms with Gasteiger partial charge in [-0.2, -0.15) is 9.97 Å². The fraction of sp³-hybridized carbons (Fsp3) is 0.625. The number of amides is 1. The molecule has 2 aromatic rings. The average Bonchev–Trinajstić information content (AvgIpc) is 3.13. The summed E-state index contributed by atoms with van der Waals surface area (Å²) in [4.78, 5) is 24.7. The van der Waals surface area contributed by atoms with Crippen molar-refractivity contribution in [1.82, 2.24) is 19.5 Å². The number of carbonyl (C=O) groups is 1. The molecule has 27 heavy (non-hydrogen) atoms. The van der Waals surface area contributed by atoms with Crippen LogP contribution in [-0.4, -0.2) is 67.2 Å². The molecule has 1 amide bonds. The molecule has 11 heteroatoms. The summed E-state index contributed by atoms with van der Waals surface area (Å²) in [5.41, 5.74) is -1.62. The topological polar surface area (TPSA) is 134 Å². The van der Waals surface area contributed by atoms with Gasteiger partial charge in [-0.05, 0) is 6.92 Å². The monoisotopic (exact) mass is 382 g/mol. The van der Waals surface area contributed by atoms with Gasteiger partial charge < -0.3 is 20.3 Å². The minimum Gasteiger partial charge on any atom is -0.394 e. The highest BCUT2D eigenvalue weighted by atomic mass is 19.1. The van der Waals surface area contributed by atoms with Gasteiger partial charge in [0.1, 0.15) is 12.2 Å². The van der Waals surface area contributed by atoms with Gasteiger partial charge in [0.15, 0.2) is 28.9 Å². The van der Waals surface area contributed by atoms with Crippen LogP contribution in [0.15, 0.2) is 6.33 Å². The second-order valence-corrected chi connectivity index (χ2v) is 6.92. The van der Waals surface area contributed by atoms with Gasteiger partial charge in [-0.3, -0.25) is 14.7 Å². The number of imidazole rings is 1. The lowest BCUT2D eigenvalue weighted by Crippen LogP contribution is -2.40. The number of hydrogen-bond acceptors (Lipinski definition) is 8. The van der Waals surface area contributed by atoms with E-state index < -0.39 is 30.7 Å². The number of nitrogens with one attached hydrogen (secondary N) is 2. The first-order chi connectivity index (χ1) is 12.7. The van der Waals surface area contributed by atoms with Crippen LogP contribution in [0.1, 0.15) is 27.0 Å². The zero-order valence-corrected chi connectivity index (χ0v) is 15.5. The molecule has 0 bridgehead atoms. The fourth-order valence-electron chi connectivity index (χ4n) is 2.94. The second kappa shape index (κ2) is 6.98. The summed E-state index contributed by atoms with van der Waals surface area (Å²) in [7, 11) is 1.63. The maximum Gasteiger partial charge on any atom is 0.233 e. The van der Waals surface area contributed by atoms with E-state index in [1.807, 2.05) is 0 Å². The van der Waals surface area contributed by atoms with Gasteiger partial charge in [0.25, 0.3) is 0 Å². The molecule has 148 valence electrons. The minimum atomic E-state index is -2.19. The lowest BCUT2D eigenvalue weighted by atomic mass is 9.98. The maximum absolute atomic E-state index is 15.1. The molecule has 2 aromatic heterocycles. The number of ether oxygens (including phenoxy) is 1. The van der Waals surface area contributed by atoms with Gasteiger partial charge in [0, 0.05) is 13.0 Å². The second-order valence-electron chi connectivity index (χ2n) is 6.92. The van der Waals surface area contributed by atoms with E-state index in [1.54, 1.807) is 20.9 Å². The average molecular weight is 382 g/mol. The molecule has 1 aliphatic heterocycles. The quantitative estimate of drug-likeness (QED) is 0.585. The summed E-state index contributed by atoms with van der Waals surface area (Å²) in [6, 6.07) is 0. The van der Waals surface area contributed by atoms with Crippen LogP contribution in [0.4, 0.5) is 16.2 Å². The van der Waals surface area contributed by atoms with Crippen molar-refractivity contribution in [2.45, 2.75) is 44.9 Å². The predicted molar refractivity (Wildman–Crippen MR) is 94.9 cm³/mol.